The van der Waals surface area contributed by atoms with Gasteiger partial charge in [0.15, 0.2) is 0 Å². The van der Waals surface area contributed by atoms with Gasteiger partial charge in [0.05, 0.1) is 11.3 Å². The minimum absolute atomic E-state index is 0.0725. The largest absolute Gasteiger partial charge is 0.339 e. The normalized spacial score (nSPS) is 18.1. The van der Waals surface area contributed by atoms with Gasteiger partial charge in [-0.2, -0.15) is 0 Å². The Morgan fingerprint density at radius 3 is 2.52 bits per heavy atom. The van der Waals surface area contributed by atoms with Crippen molar-refractivity contribution in [1.82, 2.24) is 30.0 Å². The minimum Gasteiger partial charge on any atom is -0.339 e. The second-order valence-electron chi connectivity index (χ2n) is 8.32. The Morgan fingerprint density at radius 2 is 1.87 bits per heavy atom. The molecule has 0 bridgehead atoms. The van der Waals surface area contributed by atoms with Gasteiger partial charge in [0.2, 0.25) is 11.1 Å². The summed E-state index contributed by atoms with van der Waals surface area (Å²) in [6, 6.07) is 9.96. The monoisotopic (exact) mass is 442 g/mol. The third kappa shape index (κ3) is 5.08. The highest BCUT2D eigenvalue weighted by atomic mass is 32.2. The molecule has 0 spiro atoms. The average Bonchev–Trinajstić information content (AvgIpc) is 3.55. The third-order valence-electron chi connectivity index (χ3n) is 5.95. The van der Waals surface area contributed by atoms with Crippen molar-refractivity contribution < 1.29 is 9.59 Å². The van der Waals surface area contributed by atoms with E-state index in [1.165, 1.54) is 11.8 Å². The molecule has 8 nitrogen and oxygen atoms in total. The summed E-state index contributed by atoms with van der Waals surface area (Å²) in [6.45, 7) is 6.12. The van der Waals surface area contributed by atoms with Crippen molar-refractivity contribution in [1.29, 1.82) is 0 Å². The van der Waals surface area contributed by atoms with E-state index in [-0.39, 0.29) is 23.1 Å². The second-order valence-corrected chi connectivity index (χ2v) is 9.63. The Labute approximate surface area is 187 Å². The van der Waals surface area contributed by atoms with E-state index < -0.39 is 0 Å². The molecule has 2 aliphatic rings. The molecule has 1 aliphatic carbocycles. The van der Waals surface area contributed by atoms with Crippen LogP contribution >= 0.6 is 11.8 Å². The maximum Gasteiger partial charge on any atom is 0.253 e. The molecule has 1 aromatic heterocycles. The molecule has 1 atom stereocenters. The van der Waals surface area contributed by atoms with E-state index in [2.05, 4.69) is 22.4 Å². The van der Waals surface area contributed by atoms with Crippen LogP contribution in [0.15, 0.2) is 35.5 Å². The first-order valence-electron chi connectivity index (χ1n) is 11.2. The first-order chi connectivity index (χ1) is 15.1. The van der Waals surface area contributed by atoms with Crippen molar-refractivity contribution in [3.63, 3.8) is 0 Å². The molecular weight excluding hydrogens is 412 g/mol. The molecular formula is C22H30N6O2S. The number of aromatic nitrogens is 4. The molecule has 4 rings (SSSR count). The number of hydrogen-bond donors (Lipinski definition) is 0. The van der Waals surface area contributed by atoms with E-state index in [1.54, 1.807) is 0 Å². The van der Waals surface area contributed by atoms with E-state index in [1.807, 2.05) is 51.7 Å². The molecule has 2 heterocycles. The van der Waals surface area contributed by atoms with Gasteiger partial charge < -0.3 is 9.80 Å². The lowest BCUT2D eigenvalue weighted by atomic mass is 10.0. The first kappa shape index (κ1) is 21.8. The number of tetrazole rings is 1. The van der Waals surface area contributed by atoms with Gasteiger partial charge in [-0.3, -0.25) is 9.59 Å². The van der Waals surface area contributed by atoms with Gasteiger partial charge in [-0.1, -0.05) is 36.9 Å². The molecule has 31 heavy (non-hydrogen) atoms. The molecule has 1 saturated carbocycles. The average molecular weight is 443 g/mol. The predicted octanol–water partition coefficient (Wildman–Crippen LogP) is 3.03. The number of amides is 2. The van der Waals surface area contributed by atoms with Crippen LogP contribution in [-0.2, 0) is 4.79 Å². The lowest BCUT2D eigenvalue weighted by Crippen LogP contribution is -2.50. The van der Waals surface area contributed by atoms with Crippen LogP contribution < -0.4 is 0 Å². The van der Waals surface area contributed by atoms with Gasteiger partial charge in [0.1, 0.15) is 0 Å². The summed E-state index contributed by atoms with van der Waals surface area (Å²) in [5.74, 6) is 0.202. The fourth-order valence-corrected chi connectivity index (χ4v) is 5.04. The summed E-state index contributed by atoms with van der Waals surface area (Å²) in [6.07, 6.45) is 4.72. The zero-order valence-corrected chi connectivity index (χ0v) is 19.0. The number of carbonyl (C=O) groups is 2. The maximum absolute atomic E-state index is 13.3. The molecule has 2 aromatic rings. The molecule has 1 saturated heterocycles. The molecule has 1 aromatic carbocycles. The van der Waals surface area contributed by atoms with Crippen molar-refractivity contribution in [3.8, 4) is 0 Å². The second kappa shape index (κ2) is 9.80. The van der Waals surface area contributed by atoms with Crippen molar-refractivity contribution >= 4 is 23.6 Å². The Kier molecular flexibility index (Phi) is 6.89. The molecule has 2 amide bonds. The summed E-state index contributed by atoms with van der Waals surface area (Å²) in [7, 11) is 0. The van der Waals surface area contributed by atoms with E-state index in [0.717, 1.165) is 49.4 Å². The first-order valence-corrected chi connectivity index (χ1v) is 12.1. The Hall–Kier alpha value is -2.42. The highest BCUT2D eigenvalue weighted by Crippen LogP contribution is 2.37. The molecule has 166 valence electrons. The number of benzene rings is 1. The van der Waals surface area contributed by atoms with Crippen LogP contribution in [0.3, 0.4) is 0 Å². The summed E-state index contributed by atoms with van der Waals surface area (Å²) in [5, 5.41) is 12.5. The molecule has 1 aliphatic heterocycles. The number of thioether (sulfide) groups is 1. The van der Waals surface area contributed by atoms with Gasteiger partial charge >= 0.3 is 0 Å². The SMILES string of the molecule is CCCN(C(=O)C(C)Sc1nnnn1C1CC1)C1CCN(C(=O)c2ccccc2)CC1. The summed E-state index contributed by atoms with van der Waals surface area (Å²) in [4.78, 5) is 30.0. The topological polar surface area (TPSA) is 84.2 Å². The van der Waals surface area contributed by atoms with E-state index in [4.69, 9.17) is 0 Å². The van der Waals surface area contributed by atoms with Crippen LogP contribution in [-0.4, -0.2) is 72.7 Å². The lowest BCUT2D eigenvalue weighted by Gasteiger charge is -2.39. The zero-order chi connectivity index (χ0) is 21.8. The van der Waals surface area contributed by atoms with Crippen molar-refractivity contribution in [2.45, 2.75) is 68.4 Å². The smallest absolute Gasteiger partial charge is 0.253 e. The van der Waals surface area contributed by atoms with Crippen LogP contribution in [0.25, 0.3) is 0 Å². The number of likely N-dealkylation sites (tertiary alicyclic amines) is 1. The van der Waals surface area contributed by atoms with E-state index in [0.29, 0.717) is 19.1 Å². The van der Waals surface area contributed by atoms with Crippen LogP contribution in [0.2, 0.25) is 0 Å². The third-order valence-corrected chi connectivity index (χ3v) is 6.98. The van der Waals surface area contributed by atoms with E-state index >= 15 is 0 Å². The molecule has 9 heteroatoms. The van der Waals surface area contributed by atoms with Crippen LogP contribution in [0.1, 0.15) is 62.4 Å². The van der Waals surface area contributed by atoms with Gasteiger partial charge in [0.25, 0.3) is 5.91 Å². The van der Waals surface area contributed by atoms with Gasteiger partial charge in [-0.05, 0) is 61.6 Å². The molecule has 1 unspecified atom stereocenters. The van der Waals surface area contributed by atoms with Gasteiger partial charge in [0, 0.05) is 31.2 Å². The Morgan fingerprint density at radius 1 is 1.16 bits per heavy atom. The molecule has 2 fully saturated rings. The van der Waals surface area contributed by atoms with E-state index in [9.17, 15) is 9.59 Å². The Balaban J connectivity index is 1.36. The predicted molar refractivity (Wildman–Crippen MR) is 119 cm³/mol. The fraction of sp³-hybridized carbons (Fsp3) is 0.591. The van der Waals surface area contributed by atoms with Crippen molar-refractivity contribution in [2.24, 2.45) is 0 Å². The highest BCUT2D eigenvalue weighted by Gasteiger charge is 2.34. The number of carbonyl (C=O) groups excluding carboxylic acids is 2. The fourth-order valence-electron chi connectivity index (χ4n) is 4.11. The quantitative estimate of drug-likeness (QED) is 0.584. The highest BCUT2D eigenvalue weighted by molar-refractivity contribution is 8.00. The van der Waals surface area contributed by atoms with Crippen LogP contribution in [0.4, 0.5) is 0 Å². The number of nitrogens with zero attached hydrogens (tertiary/aromatic N) is 6. The van der Waals surface area contributed by atoms with Crippen molar-refractivity contribution in [2.75, 3.05) is 19.6 Å². The minimum atomic E-state index is -0.251. The van der Waals surface area contributed by atoms with Gasteiger partial charge in [-0.25, -0.2) is 4.68 Å². The maximum atomic E-state index is 13.3. The van der Waals surface area contributed by atoms with Crippen LogP contribution in [0.5, 0.6) is 0 Å². The number of piperidine rings is 1. The summed E-state index contributed by atoms with van der Waals surface area (Å²) in [5.41, 5.74) is 0.723. The number of hydrogen-bond acceptors (Lipinski definition) is 6. The van der Waals surface area contributed by atoms with Crippen LogP contribution in [0, 0.1) is 0 Å². The summed E-state index contributed by atoms with van der Waals surface area (Å²) >= 11 is 1.45. The Bertz CT molecular complexity index is 892. The zero-order valence-electron chi connectivity index (χ0n) is 18.2. The summed E-state index contributed by atoms with van der Waals surface area (Å²) < 4.78 is 1.85. The molecule has 0 radical (unpaired) electrons. The van der Waals surface area contributed by atoms with Gasteiger partial charge in [-0.15, -0.1) is 5.10 Å². The lowest BCUT2D eigenvalue weighted by molar-refractivity contribution is -0.133. The molecule has 0 N–H and O–H groups in total. The van der Waals surface area contributed by atoms with Crippen molar-refractivity contribution in [3.05, 3.63) is 35.9 Å². The standard InChI is InChI=1S/C22H30N6O2S/c1-3-13-27(20(29)16(2)31-22-23-24-25-28(22)19-9-10-19)18-11-14-26(15-12-18)21(30)17-7-5-4-6-8-17/h4-8,16,18-19H,3,9-15H2,1-2H3. The number of rotatable bonds is 8.